The zero-order chi connectivity index (χ0) is 15.2. The Morgan fingerprint density at radius 1 is 0.950 bits per heavy atom. The smallest absolute Gasteiger partial charge is 0.306 e. The molecule has 0 aromatic rings. The highest BCUT2D eigenvalue weighted by Crippen LogP contribution is 2.04. The summed E-state index contributed by atoms with van der Waals surface area (Å²) in [5.74, 6) is -0.124. The largest absolute Gasteiger partial charge is 0.460 e. The molecule has 0 aromatic heterocycles. The summed E-state index contributed by atoms with van der Waals surface area (Å²) in [5.41, 5.74) is 0. The van der Waals surface area contributed by atoms with Crippen LogP contribution in [0.4, 0.5) is 0 Å². The molecule has 0 amide bonds. The lowest BCUT2D eigenvalue weighted by Gasteiger charge is -2.17. The standard InChI is InChI=1S/C16H32O4/c1-5-7-9-10-16(17)20-15(4)13-19-14(3)12-18-11-8-6-2/h14-15H,5-13H2,1-4H3. The summed E-state index contributed by atoms with van der Waals surface area (Å²) in [5, 5.41) is 0. The van der Waals surface area contributed by atoms with E-state index in [1.54, 1.807) is 0 Å². The lowest BCUT2D eigenvalue weighted by Crippen LogP contribution is -2.25. The van der Waals surface area contributed by atoms with Crippen LogP contribution in [-0.4, -0.2) is 38.0 Å². The summed E-state index contributed by atoms with van der Waals surface area (Å²) < 4.78 is 16.4. The van der Waals surface area contributed by atoms with Gasteiger partial charge in [-0.05, 0) is 26.7 Å². The lowest BCUT2D eigenvalue weighted by atomic mass is 10.2. The highest BCUT2D eigenvalue weighted by molar-refractivity contribution is 5.69. The molecule has 0 aliphatic heterocycles. The summed E-state index contributed by atoms with van der Waals surface area (Å²) in [7, 11) is 0. The Morgan fingerprint density at radius 2 is 1.65 bits per heavy atom. The number of ether oxygens (including phenoxy) is 3. The molecule has 0 N–H and O–H groups in total. The second-order valence-electron chi connectivity index (χ2n) is 5.33. The molecule has 4 nitrogen and oxygen atoms in total. The molecule has 0 heterocycles. The Hall–Kier alpha value is -0.610. The second-order valence-corrected chi connectivity index (χ2v) is 5.33. The fraction of sp³-hybridized carbons (Fsp3) is 0.938. The number of carbonyl (C=O) groups is 1. The van der Waals surface area contributed by atoms with E-state index in [2.05, 4.69) is 13.8 Å². The summed E-state index contributed by atoms with van der Waals surface area (Å²) in [4.78, 5) is 11.5. The monoisotopic (exact) mass is 288 g/mol. The third-order valence-electron chi connectivity index (χ3n) is 2.93. The molecule has 0 aromatic carbocycles. The molecule has 0 radical (unpaired) electrons. The van der Waals surface area contributed by atoms with Crippen LogP contribution in [0.5, 0.6) is 0 Å². The van der Waals surface area contributed by atoms with Crippen molar-refractivity contribution in [2.45, 2.75) is 78.4 Å². The van der Waals surface area contributed by atoms with Crippen molar-refractivity contribution in [1.29, 1.82) is 0 Å². The zero-order valence-corrected chi connectivity index (χ0v) is 13.7. The predicted octanol–water partition coefficient (Wildman–Crippen LogP) is 3.72. The maximum absolute atomic E-state index is 11.5. The van der Waals surface area contributed by atoms with Gasteiger partial charge in [0.1, 0.15) is 6.10 Å². The van der Waals surface area contributed by atoms with Gasteiger partial charge < -0.3 is 14.2 Å². The van der Waals surface area contributed by atoms with Gasteiger partial charge in [0.05, 0.1) is 19.3 Å². The van der Waals surface area contributed by atoms with Crippen molar-refractivity contribution in [3.8, 4) is 0 Å². The van der Waals surface area contributed by atoms with Gasteiger partial charge in [-0.3, -0.25) is 4.79 Å². The van der Waals surface area contributed by atoms with Gasteiger partial charge in [0.2, 0.25) is 0 Å². The van der Waals surface area contributed by atoms with E-state index >= 15 is 0 Å². The van der Waals surface area contributed by atoms with Crippen LogP contribution in [0.25, 0.3) is 0 Å². The Morgan fingerprint density at radius 3 is 2.30 bits per heavy atom. The summed E-state index contributed by atoms with van der Waals surface area (Å²) in [6.45, 7) is 9.90. The third kappa shape index (κ3) is 12.4. The molecule has 0 saturated carbocycles. The van der Waals surface area contributed by atoms with E-state index in [1.807, 2.05) is 13.8 Å². The van der Waals surface area contributed by atoms with Gasteiger partial charge in [0.25, 0.3) is 0 Å². The van der Waals surface area contributed by atoms with Gasteiger partial charge in [-0.15, -0.1) is 0 Å². The fourth-order valence-corrected chi connectivity index (χ4v) is 1.68. The molecule has 0 saturated heterocycles. The number of esters is 1. The number of carbonyl (C=O) groups excluding carboxylic acids is 1. The van der Waals surface area contributed by atoms with Crippen molar-refractivity contribution in [3.63, 3.8) is 0 Å². The van der Waals surface area contributed by atoms with Gasteiger partial charge in [-0.25, -0.2) is 0 Å². The van der Waals surface area contributed by atoms with Crippen molar-refractivity contribution in [2.75, 3.05) is 19.8 Å². The molecule has 120 valence electrons. The molecular weight excluding hydrogens is 256 g/mol. The molecule has 4 heteroatoms. The average Bonchev–Trinajstić information content (AvgIpc) is 2.41. The molecule has 0 fully saturated rings. The molecule has 0 rings (SSSR count). The molecule has 0 aliphatic rings. The van der Waals surface area contributed by atoms with Crippen LogP contribution in [-0.2, 0) is 19.0 Å². The van der Waals surface area contributed by atoms with E-state index in [9.17, 15) is 4.79 Å². The van der Waals surface area contributed by atoms with Crippen LogP contribution in [0.2, 0.25) is 0 Å². The number of rotatable bonds is 13. The number of unbranched alkanes of at least 4 members (excludes halogenated alkanes) is 3. The normalized spacial score (nSPS) is 14.0. The summed E-state index contributed by atoms with van der Waals surface area (Å²) >= 11 is 0. The second kappa shape index (κ2) is 13.4. The summed E-state index contributed by atoms with van der Waals surface area (Å²) in [6.07, 6.45) is 5.67. The van der Waals surface area contributed by atoms with Crippen LogP contribution in [0.15, 0.2) is 0 Å². The topological polar surface area (TPSA) is 44.8 Å². The minimum atomic E-state index is -0.192. The van der Waals surface area contributed by atoms with Crippen LogP contribution in [0.3, 0.4) is 0 Å². The molecule has 0 bridgehead atoms. The molecule has 20 heavy (non-hydrogen) atoms. The first kappa shape index (κ1) is 19.4. The Kier molecular flexibility index (Phi) is 13.0. The van der Waals surface area contributed by atoms with E-state index in [0.29, 0.717) is 19.6 Å². The maximum Gasteiger partial charge on any atom is 0.306 e. The van der Waals surface area contributed by atoms with E-state index in [0.717, 1.165) is 38.7 Å². The van der Waals surface area contributed by atoms with E-state index in [1.165, 1.54) is 0 Å². The van der Waals surface area contributed by atoms with Crippen molar-refractivity contribution >= 4 is 5.97 Å². The number of hydrogen-bond acceptors (Lipinski definition) is 4. The molecule has 0 spiro atoms. The quantitative estimate of drug-likeness (QED) is 0.383. The van der Waals surface area contributed by atoms with E-state index < -0.39 is 0 Å². The Bertz CT molecular complexity index is 231. The maximum atomic E-state index is 11.5. The average molecular weight is 288 g/mol. The van der Waals surface area contributed by atoms with Gasteiger partial charge in [-0.1, -0.05) is 33.1 Å². The van der Waals surface area contributed by atoms with Crippen LogP contribution >= 0.6 is 0 Å². The Balaban J connectivity index is 3.55. The highest BCUT2D eigenvalue weighted by atomic mass is 16.6. The fourth-order valence-electron chi connectivity index (χ4n) is 1.68. The van der Waals surface area contributed by atoms with Crippen LogP contribution < -0.4 is 0 Å². The van der Waals surface area contributed by atoms with E-state index in [4.69, 9.17) is 14.2 Å². The van der Waals surface area contributed by atoms with Gasteiger partial charge in [0.15, 0.2) is 0 Å². The minimum Gasteiger partial charge on any atom is -0.460 e. The van der Waals surface area contributed by atoms with Crippen molar-refractivity contribution in [1.82, 2.24) is 0 Å². The third-order valence-corrected chi connectivity index (χ3v) is 2.93. The van der Waals surface area contributed by atoms with Crippen molar-refractivity contribution < 1.29 is 19.0 Å². The van der Waals surface area contributed by atoms with Crippen molar-refractivity contribution in [3.05, 3.63) is 0 Å². The molecule has 2 unspecified atom stereocenters. The first-order valence-corrected chi connectivity index (χ1v) is 7.98. The predicted molar refractivity (Wildman–Crippen MR) is 80.8 cm³/mol. The van der Waals surface area contributed by atoms with Crippen LogP contribution in [0.1, 0.15) is 66.2 Å². The Labute approximate surface area is 124 Å². The molecule has 2 atom stereocenters. The first-order valence-electron chi connectivity index (χ1n) is 7.98. The zero-order valence-electron chi connectivity index (χ0n) is 13.7. The summed E-state index contributed by atoms with van der Waals surface area (Å²) in [6, 6.07) is 0. The molecular formula is C16H32O4. The van der Waals surface area contributed by atoms with E-state index in [-0.39, 0.29) is 18.2 Å². The molecule has 0 aliphatic carbocycles. The first-order chi connectivity index (χ1) is 9.60. The number of hydrogen-bond donors (Lipinski definition) is 0. The van der Waals surface area contributed by atoms with Gasteiger partial charge in [-0.2, -0.15) is 0 Å². The highest BCUT2D eigenvalue weighted by Gasteiger charge is 2.11. The lowest BCUT2D eigenvalue weighted by molar-refractivity contribution is -0.152. The minimum absolute atomic E-state index is 0.0353. The SMILES string of the molecule is CCCCCC(=O)OC(C)COC(C)COCCCC. The van der Waals surface area contributed by atoms with Gasteiger partial charge >= 0.3 is 5.97 Å². The van der Waals surface area contributed by atoms with Crippen molar-refractivity contribution in [2.24, 2.45) is 0 Å². The van der Waals surface area contributed by atoms with Gasteiger partial charge in [0, 0.05) is 13.0 Å². The van der Waals surface area contributed by atoms with Crippen LogP contribution in [0, 0.1) is 0 Å².